The Hall–Kier alpha value is -0.970. The molecule has 1 aromatic heterocycles. The third-order valence-corrected chi connectivity index (χ3v) is 3.19. The first-order chi connectivity index (χ1) is 7.85. The van der Waals surface area contributed by atoms with E-state index < -0.39 is 0 Å². The molecule has 0 saturated heterocycles. The summed E-state index contributed by atoms with van der Waals surface area (Å²) in [6.07, 6.45) is 1.13. The molecule has 5 nitrogen and oxygen atoms in total. The van der Waals surface area contributed by atoms with Crippen molar-refractivity contribution in [1.82, 2.24) is 25.5 Å². The Morgan fingerprint density at radius 2 is 1.94 bits per heavy atom. The van der Waals surface area contributed by atoms with E-state index >= 15 is 0 Å². The number of aromatic nitrogens is 4. The minimum atomic E-state index is 0.0798. The van der Waals surface area contributed by atoms with Gasteiger partial charge in [0.25, 0.3) is 0 Å². The monoisotopic (exact) mass is 239 g/mol. The first-order valence-electron chi connectivity index (χ1n) is 6.37. The molecule has 0 aliphatic heterocycles. The Balaban J connectivity index is 2.72. The molecule has 0 aromatic carbocycles. The van der Waals surface area contributed by atoms with E-state index in [1.807, 2.05) is 4.68 Å². The molecular weight excluding hydrogens is 214 g/mol. The summed E-state index contributed by atoms with van der Waals surface area (Å²) in [6.45, 7) is 13.7. The summed E-state index contributed by atoms with van der Waals surface area (Å²) in [5.41, 5.74) is 0.0798. The zero-order chi connectivity index (χ0) is 13.1. The molecule has 2 unspecified atom stereocenters. The van der Waals surface area contributed by atoms with Crippen LogP contribution in [-0.4, -0.2) is 25.7 Å². The van der Waals surface area contributed by atoms with Crippen LogP contribution >= 0.6 is 0 Å². The predicted molar refractivity (Wildman–Crippen MR) is 68.6 cm³/mol. The topological polar surface area (TPSA) is 55.6 Å². The zero-order valence-corrected chi connectivity index (χ0v) is 11.9. The highest BCUT2D eigenvalue weighted by atomic mass is 15.6. The van der Waals surface area contributed by atoms with Crippen molar-refractivity contribution in [2.45, 2.75) is 66.1 Å². The van der Waals surface area contributed by atoms with Crippen molar-refractivity contribution in [2.24, 2.45) is 5.92 Å². The van der Waals surface area contributed by atoms with E-state index in [1.165, 1.54) is 0 Å². The summed E-state index contributed by atoms with van der Waals surface area (Å²) < 4.78 is 1.94. The molecular formula is C12H25N5. The second-order valence-corrected chi connectivity index (χ2v) is 5.77. The molecule has 0 radical (unpaired) electrons. The molecule has 1 heterocycles. The first-order valence-corrected chi connectivity index (χ1v) is 6.37. The number of tetrazole rings is 1. The maximum Gasteiger partial charge on any atom is 0.165 e. The number of nitrogens with one attached hydrogen (secondary N) is 1. The fourth-order valence-electron chi connectivity index (χ4n) is 1.57. The summed E-state index contributed by atoms with van der Waals surface area (Å²) >= 11 is 0. The van der Waals surface area contributed by atoms with Crippen LogP contribution in [0.25, 0.3) is 0 Å². The van der Waals surface area contributed by atoms with Crippen LogP contribution in [0, 0.1) is 5.92 Å². The summed E-state index contributed by atoms with van der Waals surface area (Å²) in [6, 6.07) is 0.340. The molecule has 0 fully saturated rings. The van der Waals surface area contributed by atoms with Crippen LogP contribution in [0.4, 0.5) is 0 Å². The highest BCUT2D eigenvalue weighted by Gasteiger charge is 2.19. The van der Waals surface area contributed by atoms with Crippen molar-refractivity contribution in [1.29, 1.82) is 0 Å². The number of hydrogen-bond donors (Lipinski definition) is 1. The Morgan fingerprint density at radius 1 is 1.29 bits per heavy atom. The van der Waals surface area contributed by atoms with Crippen LogP contribution in [-0.2, 0) is 6.54 Å². The van der Waals surface area contributed by atoms with E-state index in [0.717, 1.165) is 12.2 Å². The van der Waals surface area contributed by atoms with Gasteiger partial charge >= 0.3 is 0 Å². The van der Waals surface area contributed by atoms with E-state index in [2.05, 4.69) is 62.4 Å². The molecule has 0 amide bonds. The quantitative estimate of drug-likeness (QED) is 0.855. The molecule has 0 aliphatic rings. The van der Waals surface area contributed by atoms with Crippen molar-refractivity contribution in [2.75, 3.05) is 0 Å². The van der Waals surface area contributed by atoms with Gasteiger partial charge in [-0.15, -0.1) is 5.10 Å². The van der Waals surface area contributed by atoms with Crippen molar-refractivity contribution in [3.8, 4) is 0 Å². The van der Waals surface area contributed by atoms with Gasteiger partial charge in [-0.05, 0) is 44.0 Å². The van der Waals surface area contributed by atoms with Crippen molar-refractivity contribution < 1.29 is 0 Å². The van der Waals surface area contributed by atoms with Crippen LogP contribution in [0.5, 0.6) is 0 Å². The van der Waals surface area contributed by atoms with Gasteiger partial charge in [-0.2, -0.15) is 0 Å². The van der Waals surface area contributed by atoms with Crippen LogP contribution in [0.1, 0.15) is 59.8 Å². The van der Waals surface area contributed by atoms with Gasteiger partial charge in [0.05, 0.1) is 12.6 Å². The second kappa shape index (κ2) is 5.58. The minimum Gasteiger partial charge on any atom is -0.305 e. The Kier molecular flexibility index (Phi) is 4.62. The van der Waals surface area contributed by atoms with Crippen LogP contribution in [0.15, 0.2) is 0 Å². The van der Waals surface area contributed by atoms with Gasteiger partial charge in [-0.25, -0.2) is 4.68 Å². The van der Waals surface area contributed by atoms with Gasteiger partial charge in [-0.1, -0.05) is 20.3 Å². The lowest BCUT2D eigenvalue weighted by Crippen LogP contribution is -2.36. The smallest absolute Gasteiger partial charge is 0.165 e. The predicted octanol–water partition coefficient (Wildman–Crippen LogP) is 2.17. The molecule has 2 atom stereocenters. The Morgan fingerprint density at radius 3 is 2.47 bits per heavy atom. The minimum absolute atomic E-state index is 0.0798. The molecule has 1 rings (SSSR count). The van der Waals surface area contributed by atoms with E-state index in [4.69, 9.17) is 0 Å². The van der Waals surface area contributed by atoms with Gasteiger partial charge in [-0.3, -0.25) is 0 Å². The number of rotatable bonds is 5. The summed E-state index contributed by atoms with van der Waals surface area (Å²) in [5.74, 6) is 1.49. The summed E-state index contributed by atoms with van der Waals surface area (Å²) in [7, 11) is 0. The molecule has 0 saturated carbocycles. The standard InChI is InChI=1S/C12H25N5/c1-7-9(2)10(3)17-11(14-15-16-17)8-13-12(4,5)6/h9-10,13H,7-8H2,1-6H3. The average Bonchev–Trinajstić information content (AvgIpc) is 2.71. The van der Waals surface area contributed by atoms with Crippen molar-refractivity contribution in [3.63, 3.8) is 0 Å². The molecule has 1 N–H and O–H groups in total. The molecule has 0 spiro atoms. The fourth-order valence-corrected chi connectivity index (χ4v) is 1.57. The van der Waals surface area contributed by atoms with E-state index in [1.54, 1.807) is 0 Å². The molecule has 17 heavy (non-hydrogen) atoms. The van der Waals surface area contributed by atoms with E-state index in [0.29, 0.717) is 18.5 Å². The number of nitrogens with zero attached hydrogens (tertiary/aromatic N) is 4. The maximum absolute atomic E-state index is 4.10. The first kappa shape index (κ1) is 14.1. The normalized spacial score (nSPS) is 15.9. The fraction of sp³-hybridized carbons (Fsp3) is 0.917. The molecule has 98 valence electrons. The lowest BCUT2D eigenvalue weighted by Gasteiger charge is -2.22. The highest BCUT2D eigenvalue weighted by molar-refractivity contribution is 4.86. The third-order valence-electron chi connectivity index (χ3n) is 3.19. The van der Waals surface area contributed by atoms with Gasteiger partial charge in [0, 0.05) is 5.54 Å². The average molecular weight is 239 g/mol. The van der Waals surface area contributed by atoms with Gasteiger partial charge in [0.2, 0.25) is 0 Å². The SMILES string of the molecule is CCC(C)C(C)n1nnnc1CNC(C)(C)C. The summed E-state index contributed by atoms with van der Waals surface area (Å²) in [5, 5.41) is 15.4. The molecule has 5 heteroatoms. The van der Waals surface area contributed by atoms with Crippen molar-refractivity contribution in [3.05, 3.63) is 5.82 Å². The lowest BCUT2D eigenvalue weighted by atomic mass is 10.0. The molecule has 1 aromatic rings. The Labute approximate surface area is 104 Å². The van der Waals surface area contributed by atoms with Gasteiger partial charge < -0.3 is 5.32 Å². The molecule has 0 bridgehead atoms. The van der Waals surface area contributed by atoms with Crippen molar-refractivity contribution >= 4 is 0 Å². The summed E-state index contributed by atoms with van der Waals surface area (Å²) in [4.78, 5) is 0. The third kappa shape index (κ3) is 4.07. The molecule has 0 aliphatic carbocycles. The van der Waals surface area contributed by atoms with E-state index in [9.17, 15) is 0 Å². The van der Waals surface area contributed by atoms with Crippen LogP contribution in [0.3, 0.4) is 0 Å². The number of hydrogen-bond acceptors (Lipinski definition) is 4. The maximum atomic E-state index is 4.10. The second-order valence-electron chi connectivity index (χ2n) is 5.77. The van der Waals surface area contributed by atoms with Gasteiger partial charge in [0.15, 0.2) is 5.82 Å². The largest absolute Gasteiger partial charge is 0.305 e. The van der Waals surface area contributed by atoms with Crippen LogP contribution in [0.2, 0.25) is 0 Å². The lowest BCUT2D eigenvalue weighted by molar-refractivity contribution is 0.320. The van der Waals surface area contributed by atoms with Gasteiger partial charge in [0.1, 0.15) is 0 Å². The zero-order valence-electron chi connectivity index (χ0n) is 11.9. The Bertz CT molecular complexity index is 339. The highest BCUT2D eigenvalue weighted by Crippen LogP contribution is 2.20. The van der Waals surface area contributed by atoms with Crippen LogP contribution < -0.4 is 5.32 Å². The van der Waals surface area contributed by atoms with E-state index in [-0.39, 0.29) is 5.54 Å².